The van der Waals surface area contributed by atoms with Crippen LogP contribution in [-0.4, -0.2) is 34.1 Å². The Kier molecular flexibility index (Phi) is 8.02. The predicted octanol–water partition coefficient (Wildman–Crippen LogP) is 2.98. The van der Waals surface area contributed by atoms with Crippen molar-refractivity contribution in [1.82, 2.24) is 10.6 Å². The van der Waals surface area contributed by atoms with Gasteiger partial charge in [0.15, 0.2) is 5.11 Å². The Hall–Kier alpha value is -1.28. The molecule has 6 nitrogen and oxygen atoms in total. The van der Waals surface area contributed by atoms with Crippen molar-refractivity contribution < 1.29 is 14.3 Å². The minimum Gasteiger partial charge on any atom is -0.465 e. The second kappa shape index (κ2) is 9.27. The van der Waals surface area contributed by atoms with Crippen LogP contribution in [0, 0.1) is 0 Å². The zero-order chi connectivity index (χ0) is 18.3. The van der Waals surface area contributed by atoms with Gasteiger partial charge in [-0.05, 0) is 36.5 Å². The van der Waals surface area contributed by atoms with E-state index in [2.05, 4.69) is 20.7 Å². The van der Waals surface area contributed by atoms with E-state index in [9.17, 15) is 9.59 Å². The molecule has 1 atom stereocenters. The third-order valence-electron chi connectivity index (χ3n) is 2.79. The van der Waals surface area contributed by atoms with Gasteiger partial charge in [0.2, 0.25) is 9.70 Å². The molecule has 1 amide bonds. The fourth-order valence-electron chi connectivity index (χ4n) is 1.57. The number of hydrogen-bond donors (Lipinski definition) is 3. The lowest BCUT2D eigenvalue weighted by Crippen LogP contribution is -2.56. The highest BCUT2D eigenvalue weighted by atomic mass is 35.6. The molecule has 0 radical (unpaired) electrons. The SMILES string of the molecule is CCC(=O)N[C@H](NC(=S)Nc1ccc(C(=O)OC)cc1)C(Cl)(Cl)Cl. The number of carbonyl (C=O) groups is 2. The quantitative estimate of drug-likeness (QED) is 0.299. The normalized spacial score (nSPS) is 12.0. The number of anilines is 1. The number of amides is 1. The Morgan fingerprint density at radius 2 is 1.79 bits per heavy atom. The Balaban J connectivity index is 2.71. The van der Waals surface area contributed by atoms with E-state index in [0.717, 1.165) is 0 Å². The lowest BCUT2D eigenvalue weighted by atomic mass is 10.2. The molecule has 0 spiro atoms. The topological polar surface area (TPSA) is 79.5 Å². The monoisotopic (exact) mass is 411 g/mol. The number of hydrogen-bond acceptors (Lipinski definition) is 4. The number of thiocarbonyl (C=S) groups is 1. The highest BCUT2D eigenvalue weighted by Gasteiger charge is 2.34. The van der Waals surface area contributed by atoms with E-state index in [1.54, 1.807) is 31.2 Å². The Bertz CT molecular complexity index is 606. The Labute approximate surface area is 160 Å². The van der Waals surface area contributed by atoms with Crippen LogP contribution in [-0.2, 0) is 9.53 Å². The summed E-state index contributed by atoms with van der Waals surface area (Å²) in [7, 11) is 1.30. The number of methoxy groups -OCH3 is 1. The summed E-state index contributed by atoms with van der Waals surface area (Å²) in [5.41, 5.74) is 1.00. The Morgan fingerprint density at radius 3 is 2.25 bits per heavy atom. The predicted molar refractivity (Wildman–Crippen MR) is 99.6 cm³/mol. The van der Waals surface area contributed by atoms with E-state index in [1.165, 1.54) is 7.11 Å². The molecular formula is C14H16Cl3N3O3S. The third kappa shape index (κ3) is 6.68. The number of esters is 1. The third-order valence-corrected chi connectivity index (χ3v) is 3.67. The van der Waals surface area contributed by atoms with Gasteiger partial charge in [0.25, 0.3) is 0 Å². The summed E-state index contributed by atoms with van der Waals surface area (Å²) in [6.45, 7) is 1.67. The van der Waals surface area contributed by atoms with Crippen LogP contribution in [0.1, 0.15) is 23.7 Å². The van der Waals surface area contributed by atoms with Gasteiger partial charge in [-0.25, -0.2) is 4.79 Å². The summed E-state index contributed by atoms with van der Waals surface area (Å²) in [6.07, 6.45) is -0.780. The summed E-state index contributed by atoms with van der Waals surface area (Å²) in [5, 5.41) is 8.23. The van der Waals surface area contributed by atoms with E-state index < -0.39 is 15.9 Å². The summed E-state index contributed by atoms with van der Waals surface area (Å²) < 4.78 is 2.81. The van der Waals surface area contributed by atoms with Gasteiger partial charge in [0.1, 0.15) is 6.17 Å². The molecule has 0 fully saturated rings. The second-order valence-corrected chi connectivity index (χ2v) is 7.34. The second-order valence-electron chi connectivity index (χ2n) is 4.56. The van der Waals surface area contributed by atoms with Crippen molar-refractivity contribution in [3.8, 4) is 0 Å². The van der Waals surface area contributed by atoms with Crippen molar-refractivity contribution in [2.24, 2.45) is 0 Å². The van der Waals surface area contributed by atoms with Crippen LogP contribution < -0.4 is 16.0 Å². The Morgan fingerprint density at radius 1 is 1.21 bits per heavy atom. The molecule has 0 aliphatic rings. The van der Waals surface area contributed by atoms with Crippen molar-refractivity contribution in [1.29, 1.82) is 0 Å². The number of nitrogens with one attached hydrogen (secondary N) is 3. The van der Waals surface area contributed by atoms with Crippen molar-refractivity contribution in [3.63, 3.8) is 0 Å². The molecule has 0 aliphatic carbocycles. The number of carbonyl (C=O) groups excluding carboxylic acids is 2. The van der Waals surface area contributed by atoms with Gasteiger partial charge in [-0.2, -0.15) is 0 Å². The molecular weight excluding hydrogens is 397 g/mol. The van der Waals surface area contributed by atoms with Crippen LogP contribution in [0.2, 0.25) is 0 Å². The highest BCUT2D eigenvalue weighted by Crippen LogP contribution is 2.29. The molecule has 0 aromatic heterocycles. The van der Waals surface area contributed by atoms with Gasteiger partial charge < -0.3 is 20.7 Å². The largest absolute Gasteiger partial charge is 0.465 e. The van der Waals surface area contributed by atoms with E-state index in [0.29, 0.717) is 11.3 Å². The molecule has 1 aromatic rings. The number of benzene rings is 1. The van der Waals surface area contributed by atoms with Gasteiger partial charge in [0, 0.05) is 12.1 Å². The average Bonchev–Trinajstić information content (AvgIpc) is 2.53. The first-order valence-electron chi connectivity index (χ1n) is 6.79. The van der Waals surface area contributed by atoms with Crippen LogP contribution >= 0.6 is 47.0 Å². The van der Waals surface area contributed by atoms with E-state index in [-0.39, 0.29) is 17.4 Å². The standard InChI is InChI=1S/C14H16Cl3N3O3S/c1-3-10(21)19-12(14(15,16)17)20-13(24)18-9-6-4-8(5-7-9)11(22)23-2/h4-7,12H,3H2,1-2H3,(H,19,21)(H2,18,20,24)/t12-/m1/s1. The average molecular weight is 413 g/mol. The summed E-state index contributed by atoms with van der Waals surface area (Å²) in [6, 6.07) is 6.41. The van der Waals surface area contributed by atoms with Gasteiger partial charge in [0.05, 0.1) is 12.7 Å². The smallest absolute Gasteiger partial charge is 0.337 e. The van der Waals surface area contributed by atoms with Gasteiger partial charge in [-0.3, -0.25) is 4.79 Å². The molecule has 0 saturated carbocycles. The number of ether oxygens (including phenoxy) is 1. The number of halogens is 3. The lowest BCUT2D eigenvalue weighted by molar-refractivity contribution is -0.121. The summed E-state index contributed by atoms with van der Waals surface area (Å²) in [5.74, 6) is -0.746. The van der Waals surface area contributed by atoms with Crippen LogP contribution in [0.15, 0.2) is 24.3 Å². The first-order valence-corrected chi connectivity index (χ1v) is 8.33. The van der Waals surface area contributed by atoms with Crippen LogP contribution in [0.25, 0.3) is 0 Å². The lowest BCUT2D eigenvalue weighted by Gasteiger charge is -2.27. The zero-order valence-electron chi connectivity index (χ0n) is 12.9. The van der Waals surface area contributed by atoms with Gasteiger partial charge in [-0.1, -0.05) is 41.7 Å². The summed E-state index contributed by atoms with van der Waals surface area (Å²) in [4.78, 5) is 22.9. The molecule has 0 unspecified atom stereocenters. The molecule has 24 heavy (non-hydrogen) atoms. The highest BCUT2D eigenvalue weighted by molar-refractivity contribution is 7.80. The van der Waals surface area contributed by atoms with Crippen LogP contribution in [0.4, 0.5) is 5.69 Å². The molecule has 0 aliphatic heterocycles. The first kappa shape index (κ1) is 20.8. The van der Waals surface area contributed by atoms with Crippen molar-refractivity contribution >= 4 is 69.7 Å². The maximum Gasteiger partial charge on any atom is 0.337 e. The molecule has 0 saturated heterocycles. The minimum atomic E-state index is -1.80. The van der Waals surface area contributed by atoms with E-state index in [1.807, 2.05) is 0 Å². The van der Waals surface area contributed by atoms with Crippen molar-refractivity contribution in [2.75, 3.05) is 12.4 Å². The molecule has 1 rings (SSSR count). The zero-order valence-corrected chi connectivity index (χ0v) is 15.9. The first-order chi connectivity index (χ1) is 11.2. The fourth-order valence-corrected chi connectivity index (χ4v) is 2.13. The van der Waals surface area contributed by atoms with E-state index in [4.69, 9.17) is 47.0 Å². The molecule has 1 aromatic carbocycles. The summed E-state index contributed by atoms with van der Waals surface area (Å²) >= 11 is 22.6. The van der Waals surface area contributed by atoms with Crippen LogP contribution in [0.3, 0.4) is 0 Å². The minimum absolute atomic E-state index is 0.133. The molecule has 132 valence electrons. The van der Waals surface area contributed by atoms with Gasteiger partial charge in [-0.15, -0.1) is 0 Å². The number of rotatable bonds is 5. The van der Waals surface area contributed by atoms with E-state index >= 15 is 0 Å². The van der Waals surface area contributed by atoms with Crippen LogP contribution in [0.5, 0.6) is 0 Å². The van der Waals surface area contributed by atoms with Gasteiger partial charge >= 0.3 is 5.97 Å². The molecule has 10 heteroatoms. The number of alkyl halides is 3. The maximum absolute atomic E-state index is 11.5. The van der Waals surface area contributed by atoms with Crippen molar-refractivity contribution in [2.45, 2.75) is 23.3 Å². The maximum atomic E-state index is 11.5. The fraction of sp³-hybridized carbons (Fsp3) is 0.357. The molecule has 0 bridgehead atoms. The molecule has 3 N–H and O–H groups in total. The molecule has 0 heterocycles. The van der Waals surface area contributed by atoms with Crippen molar-refractivity contribution in [3.05, 3.63) is 29.8 Å².